The molecule has 0 fully saturated rings. The summed E-state index contributed by atoms with van der Waals surface area (Å²) in [4.78, 5) is 7.40. The van der Waals surface area contributed by atoms with Crippen LogP contribution in [0.3, 0.4) is 0 Å². The zero-order valence-electron chi connectivity index (χ0n) is 18.1. The van der Waals surface area contributed by atoms with Crippen molar-refractivity contribution in [3.63, 3.8) is 0 Å². The van der Waals surface area contributed by atoms with Gasteiger partial charge in [-0.15, -0.1) is 0 Å². The molecule has 0 bridgehead atoms. The van der Waals surface area contributed by atoms with Crippen LogP contribution in [0.4, 0.5) is 0 Å². The maximum Gasteiger partial charge on any atom is 0.336 e. The topological polar surface area (TPSA) is 28.2 Å². The Labute approximate surface area is 158 Å². The van der Waals surface area contributed by atoms with Crippen LogP contribution in [0, 0.1) is 0 Å². The molecule has 0 aliphatic carbocycles. The lowest BCUT2D eigenvalue weighted by Crippen LogP contribution is -2.43. The lowest BCUT2D eigenvalue weighted by molar-refractivity contribution is 0.178. The van der Waals surface area contributed by atoms with Crippen molar-refractivity contribution in [1.82, 2.24) is 14.7 Å². The molecule has 0 aromatic rings. The summed E-state index contributed by atoms with van der Waals surface area (Å²) in [5.41, 5.74) is 0. The average Bonchev–Trinajstić information content (AvgIpc) is 2.59. The van der Waals surface area contributed by atoms with E-state index in [1.807, 2.05) is 0 Å². The zero-order valence-corrected chi connectivity index (χ0v) is 19.1. The second-order valence-electron chi connectivity index (χ2n) is 7.09. The SMILES string of the molecule is CCO[Si](C)(CCN(CCCN(C)CC)CCCN(C)CC)OCC. The average molecular weight is 376 g/mol. The van der Waals surface area contributed by atoms with E-state index in [9.17, 15) is 0 Å². The van der Waals surface area contributed by atoms with E-state index >= 15 is 0 Å². The first-order valence-corrected chi connectivity index (χ1v) is 12.8. The molecule has 0 rings (SSSR count). The first-order valence-electron chi connectivity index (χ1n) is 10.3. The van der Waals surface area contributed by atoms with Crippen molar-refractivity contribution >= 4 is 8.56 Å². The molecule has 152 valence electrons. The molecule has 6 heteroatoms. The van der Waals surface area contributed by atoms with E-state index in [0.29, 0.717) is 0 Å². The summed E-state index contributed by atoms with van der Waals surface area (Å²) < 4.78 is 12.0. The summed E-state index contributed by atoms with van der Waals surface area (Å²) in [5.74, 6) is 0. The zero-order chi connectivity index (χ0) is 19.1. The standard InChI is InChI=1S/C19H45N3O2Si/c1-8-20(5)14-12-16-22(17-13-15-21(6)9-2)18-19-25(7,23-10-3)24-11-4/h8-19H2,1-7H3. The minimum Gasteiger partial charge on any atom is -0.395 e. The third kappa shape index (κ3) is 12.9. The summed E-state index contributed by atoms with van der Waals surface area (Å²) in [5, 5.41) is 0. The molecule has 5 nitrogen and oxygen atoms in total. The van der Waals surface area contributed by atoms with Crippen molar-refractivity contribution in [1.29, 1.82) is 0 Å². The summed E-state index contributed by atoms with van der Waals surface area (Å²) in [6, 6.07) is 1.06. The highest BCUT2D eigenvalue weighted by atomic mass is 28.4. The van der Waals surface area contributed by atoms with Gasteiger partial charge in [0, 0.05) is 25.8 Å². The largest absolute Gasteiger partial charge is 0.395 e. The van der Waals surface area contributed by atoms with E-state index in [2.05, 4.69) is 63.0 Å². The molecule has 0 aliphatic rings. The maximum absolute atomic E-state index is 6.01. The van der Waals surface area contributed by atoms with Gasteiger partial charge in [-0.3, -0.25) is 0 Å². The van der Waals surface area contributed by atoms with Crippen LogP contribution in [-0.4, -0.2) is 96.4 Å². The Morgan fingerprint density at radius 3 is 1.48 bits per heavy atom. The van der Waals surface area contributed by atoms with Crippen molar-refractivity contribution < 1.29 is 8.85 Å². The Kier molecular flexibility index (Phi) is 15.1. The van der Waals surface area contributed by atoms with E-state index in [4.69, 9.17) is 8.85 Å². The predicted octanol–water partition coefficient (Wildman–Crippen LogP) is 3.12. The van der Waals surface area contributed by atoms with E-state index < -0.39 is 8.56 Å². The fraction of sp³-hybridized carbons (Fsp3) is 1.00. The molecule has 0 N–H and O–H groups in total. The van der Waals surface area contributed by atoms with Crippen LogP contribution in [0.2, 0.25) is 12.6 Å². The molecular weight excluding hydrogens is 330 g/mol. The van der Waals surface area contributed by atoms with Crippen LogP contribution in [-0.2, 0) is 8.85 Å². The fourth-order valence-corrected chi connectivity index (χ4v) is 5.25. The summed E-state index contributed by atoms with van der Waals surface area (Å²) in [6.07, 6.45) is 2.46. The number of hydrogen-bond acceptors (Lipinski definition) is 5. The second-order valence-corrected chi connectivity index (χ2v) is 10.4. The molecule has 0 heterocycles. The molecule has 0 aliphatic heterocycles. The van der Waals surface area contributed by atoms with Crippen LogP contribution in [0.25, 0.3) is 0 Å². The van der Waals surface area contributed by atoms with Gasteiger partial charge in [-0.1, -0.05) is 13.8 Å². The number of nitrogens with zero attached hydrogens (tertiary/aromatic N) is 3. The Hall–Kier alpha value is 0.0169. The highest BCUT2D eigenvalue weighted by Crippen LogP contribution is 2.15. The summed E-state index contributed by atoms with van der Waals surface area (Å²) in [6.45, 7) is 20.3. The maximum atomic E-state index is 6.01. The molecule has 0 aromatic heterocycles. The Bertz CT molecular complexity index is 286. The Morgan fingerprint density at radius 1 is 0.680 bits per heavy atom. The van der Waals surface area contributed by atoms with E-state index in [0.717, 1.165) is 38.9 Å². The Balaban J connectivity index is 4.47. The van der Waals surface area contributed by atoms with Gasteiger partial charge in [0.25, 0.3) is 0 Å². The highest BCUT2D eigenvalue weighted by Gasteiger charge is 2.31. The quantitative estimate of drug-likeness (QED) is 0.364. The summed E-state index contributed by atoms with van der Waals surface area (Å²) in [7, 11) is 2.40. The summed E-state index contributed by atoms with van der Waals surface area (Å²) >= 11 is 0. The molecular formula is C19H45N3O2Si. The monoisotopic (exact) mass is 375 g/mol. The lowest BCUT2D eigenvalue weighted by Gasteiger charge is -2.30. The third-order valence-electron chi connectivity index (χ3n) is 4.89. The van der Waals surface area contributed by atoms with Gasteiger partial charge in [0.05, 0.1) is 0 Å². The van der Waals surface area contributed by atoms with E-state index in [-0.39, 0.29) is 0 Å². The predicted molar refractivity (Wildman–Crippen MR) is 112 cm³/mol. The first-order chi connectivity index (χ1) is 11.9. The van der Waals surface area contributed by atoms with Crippen LogP contribution in [0.5, 0.6) is 0 Å². The van der Waals surface area contributed by atoms with Crippen molar-refractivity contribution in [2.45, 2.75) is 53.1 Å². The molecule has 0 amide bonds. The van der Waals surface area contributed by atoms with Gasteiger partial charge in [-0.2, -0.15) is 0 Å². The van der Waals surface area contributed by atoms with Crippen molar-refractivity contribution in [2.24, 2.45) is 0 Å². The molecule has 0 spiro atoms. The molecule has 0 atom stereocenters. The number of hydrogen-bond donors (Lipinski definition) is 0. The van der Waals surface area contributed by atoms with Crippen molar-refractivity contribution in [2.75, 3.05) is 73.1 Å². The minimum absolute atomic E-state index is 0.755. The highest BCUT2D eigenvalue weighted by molar-refractivity contribution is 6.66. The van der Waals surface area contributed by atoms with Crippen molar-refractivity contribution in [3.05, 3.63) is 0 Å². The Morgan fingerprint density at radius 2 is 1.12 bits per heavy atom. The van der Waals surface area contributed by atoms with Crippen LogP contribution in [0.15, 0.2) is 0 Å². The van der Waals surface area contributed by atoms with E-state index in [1.165, 1.54) is 39.0 Å². The smallest absolute Gasteiger partial charge is 0.336 e. The van der Waals surface area contributed by atoms with Crippen molar-refractivity contribution in [3.8, 4) is 0 Å². The van der Waals surface area contributed by atoms with E-state index in [1.54, 1.807) is 0 Å². The van der Waals surface area contributed by atoms with Crippen LogP contribution in [0.1, 0.15) is 40.5 Å². The van der Waals surface area contributed by atoms with Crippen LogP contribution < -0.4 is 0 Å². The van der Waals surface area contributed by atoms with Gasteiger partial charge in [0.1, 0.15) is 0 Å². The third-order valence-corrected chi connectivity index (χ3v) is 7.82. The molecule has 0 unspecified atom stereocenters. The van der Waals surface area contributed by atoms with Gasteiger partial charge in [0.15, 0.2) is 0 Å². The second kappa shape index (κ2) is 15.1. The lowest BCUT2D eigenvalue weighted by atomic mass is 10.3. The molecule has 0 radical (unpaired) electrons. The normalized spacial score (nSPS) is 12.7. The fourth-order valence-electron chi connectivity index (χ4n) is 2.94. The van der Waals surface area contributed by atoms with Gasteiger partial charge >= 0.3 is 8.56 Å². The molecule has 0 aromatic carbocycles. The molecule has 25 heavy (non-hydrogen) atoms. The molecule has 0 saturated heterocycles. The van der Waals surface area contributed by atoms with Gasteiger partial charge in [-0.05, 0) is 86.6 Å². The van der Waals surface area contributed by atoms with Gasteiger partial charge in [-0.25, -0.2) is 0 Å². The molecule has 0 saturated carbocycles. The minimum atomic E-state index is -2.01. The van der Waals surface area contributed by atoms with Crippen LogP contribution >= 0.6 is 0 Å². The number of rotatable bonds is 17. The van der Waals surface area contributed by atoms with Gasteiger partial charge < -0.3 is 23.6 Å². The first kappa shape index (κ1) is 25.0. The van der Waals surface area contributed by atoms with Gasteiger partial charge in [0.2, 0.25) is 0 Å².